The molecular weight excluding hydrogens is 310 g/mol. The molecular formula is C13H21N3O5S. The molecule has 1 amide bonds. The second kappa shape index (κ2) is 7.39. The van der Waals surface area contributed by atoms with Gasteiger partial charge < -0.3 is 10.4 Å². The van der Waals surface area contributed by atoms with Crippen molar-refractivity contribution in [2.75, 3.05) is 12.0 Å². The molecule has 0 radical (unpaired) electrons. The van der Waals surface area contributed by atoms with Gasteiger partial charge in [0.1, 0.15) is 21.6 Å². The van der Waals surface area contributed by atoms with Crippen LogP contribution in [-0.2, 0) is 28.1 Å². The van der Waals surface area contributed by atoms with Crippen LogP contribution in [0.25, 0.3) is 0 Å². The van der Waals surface area contributed by atoms with E-state index >= 15 is 0 Å². The van der Waals surface area contributed by atoms with Crippen molar-refractivity contribution >= 4 is 21.7 Å². The van der Waals surface area contributed by atoms with E-state index in [4.69, 9.17) is 5.11 Å². The van der Waals surface area contributed by atoms with Gasteiger partial charge in [-0.3, -0.25) is 9.48 Å². The van der Waals surface area contributed by atoms with Gasteiger partial charge in [-0.15, -0.1) is 0 Å². The van der Waals surface area contributed by atoms with Gasteiger partial charge in [-0.05, 0) is 18.9 Å². The molecule has 124 valence electrons. The highest BCUT2D eigenvalue weighted by Crippen LogP contribution is 2.07. The summed E-state index contributed by atoms with van der Waals surface area (Å²) in [6.07, 6.45) is 2.44. The maximum absolute atomic E-state index is 12.1. The number of nitrogens with zero attached hydrogens (tertiary/aromatic N) is 2. The molecule has 0 aliphatic rings. The average molecular weight is 331 g/mol. The minimum Gasteiger partial charge on any atom is -0.480 e. The van der Waals surface area contributed by atoms with E-state index in [-0.39, 0.29) is 17.9 Å². The lowest BCUT2D eigenvalue weighted by Crippen LogP contribution is -2.42. The van der Waals surface area contributed by atoms with Gasteiger partial charge >= 0.3 is 5.97 Å². The number of amides is 1. The monoisotopic (exact) mass is 331 g/mol. The number of aliphatic carboxylic acids is 1. The zero-order valence-electron chi connectivity index (χ0n) is 12.9. The number of hydrogen-bond acceptors (Lipinski definition) is 5. The lowest BCUT2D eigenvalue weighted by atomic mass is 10.2. The Morgan fingerprint density at radius 3 is 2.59 bits per heavy atom. The Hall–Kier alpha value is -1.90. The predicted octanol–water partition coefficient (Wildman–Crippen LogP) is -0.00970. The number of aryl methyl sites for hydroxylation is 2. The fourth-order valence-corrected chi connectivity index (χ4v) is 2.60. The van der Waals surface area contributed by atoms with Crippen molar-refractivity contribution in [2.24, 2.45) is 7.05 Å². The van der Waals surface area contributed by atoms with E-state index in [0.717, 1.165) is 24.8 Å². The standard InChI is InChI=1S/C13H21N3O5S/c1-4-5-9-8-11(16(2)15-9)12(17)14-10(13(18)19)6-7-22(3,20)21/h8,10H,4-7H2,1-3H3,(H,14,17)(H,18,19)/t10-/m0/s1. The maximum atomic E-state index is 12.1. The molecule has 1 atom stereocenters. The number of rotatable bonds is 8. The summed E-state index contributed by atoms with van der Waals surface area (Å²) in [5.74, 6) is -2.16. The molecule has 0 bridgehead atoms. The summed E-state index contributed by atoms with van der Waals surface area (Å²) in [5.41, 5.74) is 0.993. The lowest BCUT2D eigenvalue weighted by Gasteiger charge is -2.13. The van der Waals surface area contributed by atoms with Crippen molar-refractivity contribution in [1.82, 2.24) is 15.1 Å². The predicted molar refractivity (Wildman–Crippen MR) is 80.4 cm³/mol. The van der Waals surface area contributed by atoms with E-state index in [1.54, 1.807) is 13.1 Å². The third-order valence-corrected chi connectivity index (χ3v) is 4.03. The van der Waals surface area contributed by atoms with Crippen molar-refractivity contribution in [3.63, 3.8) is 0 Å². The Labute approximate surface area is 129 Å². The van der Waals surface area contributed by atoms with Crippen LogP contribution in [0.5, 0.6) is 0 Å². The van der Waals surface area contributed by atoms with Crippen LogP contribution in [0, 0.1) is 0 Å². The Morgan fingerprint density at radius 1 is 1.45 bits per heavy atom. The summed E-state index contributed by atoms with van der Waals surface area (Å²) in [6, 6.07) is 0.348. The zero-order valence-corrected chi connectivity index (χ0v) is 13.7. The van der Waals surface area contributed by atoms with E-state index in [2.05, 4.69) is 10.4 Å². The lowest BCUT2D eigenvalue weighted by molar-refractivity contribution is -0.139. The highest BCUT2D eigenvalue weighted by atomic mass is 32.2. The molecule has 2 N–H and O–H groups in total. The molecule has 0 saturated carbocycles. The summed E-state index contributed by atoms with van der Waals surface area (Å²) < 4.78 is 23.6. The number of hydrogen-bond donors (Lipinski definition) is 2. The molecule has 22 heavy (non-hydrogen) atoms. The van der Waals surface area contributed by atoms with Crippen LogP contribution in [0.15, 0.2) is 6.07 Å². The van der Waals surface area contributed by atoms with E-state index in [1.165, 1.54) is 4.68 Å². The molecule has 0 aliphatic heterocycles. The van der Waals surface area contributed by atoms with Gasteiger partial charge in [-0.1, -0.05) is 13.3 Å². The molecule has 8 nitrogen and oxygen atoms in total. The molecule has 1 rings (SSSR count). The van der Waals surface area contributed by atoms with Crippen molar-refractivity contribution in [1.29, 1.82) is 0 Å². The molecule has 0 unspecified atom stereocenters. The summed E-state index contributed by atoms with van der Waals surface area (Å²) >= 11 is 0. The number of carboxylic acids is 1. The van der Waals surface area contributed by atoms with Crippen LogP contribution in [0.2, 0.25) is 0 Å². The number of nitrogens with one attached hydrogen (secondary N) is 1. The van der Waals surface area contributed by atoms with Gasteiger partial charge in [-0.25, -0.2) is 13.2 Å². The van der Waals surface area contributed by atoms with Crippen molar-refractivity contribution in [2.45, 2.75) is 32.2 Å². The average Bonchev–Trinajstić information content (AvgIpc) is 2.74. The third kappa shape index (κ3) is 5.47. The largest absolute Gasteiger partial charge is 0.480 e. The van der Waals surface area contributed by atoms with Crippen LogP contribution in [0.1, 0.15) is 35.9 Å². The van der Waals surface area contributed by atoms with Gasteiger partial charge in [0.05, 0.1) is 11.4 Å². The minimum atomic E-state index is -3.30. The minimum absolute atomic E-state index is 0.181. The van der Waals surface area contributed by atoms with Crippen molar-refractivity contribution < 1.29 is 23.1 Å². The molecule has 0 aromatic carbocycles. The van der Waals surface area contributed by atoms with Crippen molar-refractivity contribution in [3.8, 4) is 0 Å². The van der Waals surface area contributed by atoms with E-state index in [9.17, 15) is 18.0 Å². The molecule has 0 aliphatic carbocycles. The van der Waals surface area contributed by atoms with Gasteiger partial charge in [0.2, 0.25) is 0 Å². The first kappa shape index (κ1) is 18.1. The van der Waals surface area contributed by atoms with Crippen LogP contribution in [0.3, 0.4) is 0 Å². The molecule has 0 fully saturated rings. The van der Waals surface area contributed by atoms with Crippen LogP contribution >= 0.6 is 0 Å². The first-order chi connectivity index (χ1) is 10.1. The Morgan fingerprint density at radius 2 is 2.09 bits per heavy atom. The second-order valence-electron chi connectivity index (χ2n) is 5.18. The first-order valence-electron chi connectivity index (χ1n) is 6.88. The van der Waals surface area contributed by atoms with Crippen LogP contribution in [0.4, 0.5) is 0 Å². The van der Waals surface area contributed by atoms with Crippen LogP contribution in [-0.4, -0.2) is 53.2 Å². The summed E-state index contributed by atoms with van der Waals surface area (Å²) in [7, 11) is -1.70. The highest BCUT2D eigenvalue weighted by molar-refractivity contribution is 7.90. The molecule has 1 aromatic rings. The second-order valence-corrected chi connectivity index (χ2v) is 7.44. The molecule has 1 aromatic heterocycles. The fourth-order valence-electron chi connectivity index (χ4n) is 1.94. The number of carbonyl (C=O) groups excluding carboxylic acids is 1. The summed E-state index contributed by atoms with van der Waals surface area (Å²) in [5, 5.41) is 15.6. The number of sulfone groups is 1. The molecule has 0 saturated heterocycles. The Kier molecular flexibility index (Phi) is 6.10. The summed E-state index contributed by atoms with van der Waals surface area (Å²) in [6.45, 7) is 1.99. The Balaban J connectivity index is 2.81. The molecule has 1 heterocycles. The number of carbonyl (C=O) groups is 2. The number of carboxylic acid groups (broad SMARTS) is 1. The fraction of sp³-hybridized carbons (Fsp3) is 0.615. The van der Waals surface area contributed by atoms with E-state index in [1.807, 2.05) is 6.92 Å². The number of aromatic nitrogens is 2. The normalized spacial score (nSPS) is 12.9. The van der Waals surface area contributed by atoms with Gasteiger partial charge in [0.15, 0.2) is 0 Å². The summed E-state index contributed by atoms with van der Waals surface area (Å²) in [4.78, 5) is 23.3. The topological polar surface area (TPSA) is 118 Å². The Bertz CT molecular complexity index is 651. The smallest absolute Gasteiger partial charge is 0.326 e. The third-order valence-electron chi connectivity index (χ3n) is 3.05. The van der Waals surface area contributed by atoms with Gasteiger partial charge in [-0.2, -0.15) is 5.10 Å². The molecule has 9 heteroatoms. The maximum Gasteiger partial charge on any atom is 0.326 e. The zero-order chi connectivity index (χ0) is 16.9. The van der Waals surface area contributed by atoms with Crippen LogP contribution < -0.4 is 5.32 Å². The van der Waals surface area contributed by atoms with Crippen molar-refractivity contribution in [3.05, 3.63) is 17.5 Å². The first-order valence-corrected chi connectivity index (χ1v) is 8.94. The van der Waals surface area contributed by atoms with E-state index < -0.39 is 27.8 Å². The van der Waals surface area contributed by atoms with Gasteiger partial charge in [0, 0.05) is 13.3 Å². The van der Waals surface area contributed by atoms with E-state index in [0.29, 0.717) is 0 Å². The molecule has 0 spiro atoms. The quantitative estimate of drug-likeness (QED) is 0.691. The van der Waals surface area contributed by atoms with Gasteiger partial charge in [0.25, 0.3) is 5.91 Å². The SMILES string of the molecule is CCCc1cc(C(=O)N[C@@H](CCS(C)(=O)=O)C(=O)O)n(C)n1. The highest BCUT2D eigenvalue weighted by Gasteiger charge is 2.24.